The average Bonchev–Trinajstić information content (AvgIpc) is 2.70. The molecule has 0 aromatic heterocycles. The van der Waals surface area contributed by atoms with Gasteiger partial charge in [0, 0.05) is 24.1 Å². The number of nitrogens with one attached hydrogen (secondary N) is 1. The van der Waals surface area contributed by atoms with Gasteiger partial charge in [-0.3, -0.25) is 9.59 Å². The van der Waals surface area contributed by atoms with Crippen molar-refractivity contribution in [1.29, 1.82) is 0 Å². The summed E-state index contributed by atoms with van der Waals surface area (Å²) in [5.74, 6) is -0.320. The van der Waals surface area contributed by atoms with Gasteiger partial charge in [0.1, 0.15) is 0 Å². The second kappa shape index (κ2) is 9.65. The fourth-order valence-electron chi connectivity index (χ4n) is 2.97. The quantitative estimate of drug-likeness (QED) is 0.405. The minimum atomic E-state index is -0.295. The molecule has 1 amide bonds. The molecular weight excluding hydrogens is 348 g/mol. The van der Waals surface area contributed by atoms with E-state index in [0.717, 1.165) is 23.0 Å². The van der Waals surface area contributed by atoms with Crippen LogP contribution in [0.2, 0.25) is 0 Å². The zero-order valence-electron chi connectivity index (χ0n) is 17.7. The normalized spacial score (nSPS) is 12.6. The molecule has 0 saturated heterocycles. The van der Waals surface area contributed by atoms with E-state index < -0.39 is 0 Å². The summed E-state index contributed by atoms with van der Waals surface area (Å²) in [6, 6.07) is 17.2. The lowest BCUT2D eigenvalue weighted by Crippen LogP contribution is -2.47. The van der Waals surface area contributed by atoms with Crippen LogP contribution in [0.25, 0.3) is 0 Å². The lowest BCUT2D eigenvalue weighted by Gasteiger charge is -2.34. The average molecular weight is 382 g/mol. The van der Waals surface area contributed by atoms with Crippen LogP contribution in [0.4, 0.5) is 0 Å². The fraction of sp³-hybridized carbons (Fsp3) is 0.417. The number of nitrogens with zero attached hydrogens (tertiary/aromatic N) is 1. The molecule has 28 heavy (non-hydrogen) atoms. The number of carbonyl (C=O) groups excluding carboxylic acids is 2. The Morgan fingerprint density at radius 2 is 1.57 bits per heavy atom. The lowest BCUT2D eigenvalue weighted by atomic mass is 9.95. The fourth-order valence-corrected chi connectivity index (χ4v) is 2.97. The molecule has 2 aromatic carbocycles. The van der Waals surface area contributed by atoms with Gasteiger partial charge in [-0.2, -0.15) is 0 Å². The highest BCUT2D eigenvalue weighted by molar-refractivity contribution is 6.09. The van der Waals surface area contributed by atoms with E-state index in [0.29, 0.717) is 23.7 Å². The Kier molecular flexibility index (Phi) is 7.53. The smallest absolute Gasteiger partial charge is 0.227 e. The maximum absolute atomic E-state index is 12.6. The van der Waals surface area contributed by atoms with Crippen LogP contribution < -0.4 is 5.32 Å². The van der Waals surface area contributed by atoms with Crippen LogP contribution in [-0.2, 0) is 4.79 Å². The number of benzene rings is 2. The zero-order valence-corrected chi connectivity index (χ0v) is 17.7. The summed E-state index contributed by atoms with van der Waals surface area (Å²) >= 11 is 0. The highest BCUT2D eigenvalue weighted by atomic mass is 16.1. The van der Waals surface area contributed by atoms with E-state index in [-0.39, 0.29) is 17.6 Å². The number of hydrogen-bond donors (Lipinski definition) is 1. The molecule has 0 aliphatic carbocycles. The van der Waals surface area contributed by atoms with E-state index in [1.165, 1.54) is 0 Å². The molecule has 150 valence electrons. The topological polar surface area (TPSA) is 46.2 Å². The van der Waals surface area contributed by atoms with Crippen molar-refractivity contribution in [3.05, 3.63) is 71.3 Å². The summed E-state index contributed by atoms with van der Waals surface area (Å²) < 4.78 is 0.940. The Morgan fingerprint density at radius 3 is 2.21 bits per heavy atom. The molecule has 0 aliphatic heterocycles. The third-order valence-corrected chi connectivity index (χ3v) is 5.69. The molecule has 2 aromatic rings. The first-order valence-electron chi connectivity index (χ1n) is 10.0. The molecule has 1 unspecified atom stereocenters. The highest BCUT2D eigenvalue weighted by Gasteiger charge is 2.20. The van der Waals surface area contributed by atoms with E-state index in [2.05, 4.69) is 33.3 Å². The molecule has 0 bridgehead atoms. The Morgan fingerprint density at radius 1 is 0.929 bits per heavy atom. The van der Waals surface area contributed by atoms with E-state index in [4.69, 9.17) is 0 Å². The van der Waals surface area contributed by atoms with Gasteiger partial charge in [-0.15, -0.1) is 0 Å². The van der Waals surface area contributed by atoms with Crippen LogP contribution >= 0.6 is 0 Å². The SMILES string of the molecule is CC(C(=O)NCCC[N+](C)(C)C(C)C)c1cccc(C(=O)c2ccccc2)c1. The van der Waals surface area contributed by atoms with Crippen LogP contribution in [0.5, 0.6) is 0 Å². The van der Waals surface area contributed by atoms with E-state index >= 15 is 0 Å². The second-order valence-electron chi connectivity index (χ2n) is 8.28. The van der Waals surface area contributed by atoms with Crippen LogP contribution in [0, 0.1) is 0 Å². The number of ketones is 1. The maximum Gasteiger partial charge on any atom is 0.227 e. The van der Waals surface area contributed by atoms with Gasteiger partial charge in [0.15, 0.2) is 5.78 Å². The van der Waals surface area contributed by atoms with Crippen LogP contribution in [0.15, 0.2) is 54.6 Å². The second-order valence-corrected chi connectivity index (χ2v) is 8.28. The lowest BCUT2D eigenvalue weighted by molar-refractivity contribution is -0.911. The molecule has 1 N–H and O–H groups in total. The molecule has 0 saturated carbocycles. The van der Waals surface area contributed by atoms with Crippen molar-refractivity contribution in [2.24, 2.45) is 0 Å². The summed E-state index contributed by atoms with van der Waals surface area (Å²) in [6.07, 6.45) is 0.941. The van der Waals surface area contributed by atoms with Gasteiger partial charge in [-0.25, -0.2) is 0 Å². The predicted molar refractivity (Wildman–Crippen MR) is 114 cm³/mol. The van der Waals surface area contributed by atoms with Crippen LogP contribution in [-0.4, -0.2) is 49.4 Å². The molecule has 0 heterocycles. The molecule has 0 fully saturated rings. The van der Waals surface area contributed by atoms with Gasteiger partial charge in [0.05, 0.1) is 32.6 Å². The van der Waals surface area contributed by atoms with Crippen molar-refractivity contribution in [2.45, 2.75) is 39.2 Å². The van der Waals surface area contributed by atoms with E-state index in [1.807, 2.05) is 55.5 Å². The summed E-state index contributed by atoms with van der Waals surface area (Å²) in [5.41, 5.74) is 2.12. The van der Waals surface area contributed by atoms with E-state index in [9.17, 15) is 9.59 Å². The largest absolute Gasteiger partial charge is 0.355 e. The van der Waals surface area contributed by atoms with Crippen molar-refractivity contribution < 1.29 is 14.1 Å². The zero-order chi connectivity index (χ0) is 20.7. The molecule has 0 aliphatic rings. The van der Waals surface area contributed by atoms with Gasteiger partial charge in [-0.1, -0.05) is 48.5 Å². The van der Waals surface area contributed by atoms with Crippen molar-refractivity contribution >= 4 is 11.7 Å². The monoisotopic (exact) mass is 381 g/mol. The Labute approximate surface area is 169 Å². The number of amides is 1. The highest BCUT2D eigenvalue weighted by Crippen LogP contribution is 2.19. The predicted octanol–water partition coefficient (Wildman–Crippen LogP) is 4.01. The standard InChI is InChI=1S/C24H32N2O2/c1-18(2)26(4,5)16-10-15-25-24(28)19(3)21-13-9-14-22(17-21)23(27)20-11-7-6-8-12-20/h6-9,11-14,17-19H,10,15-16H2,1-5H3/p+1. The van der Waals surface area contributed by atoms with Crippen molar-refractivity contribution in [3.63, 3.8) is 0 Å². The maximum atomic E-state index is 12.6. The number of hydrogen-bond acceptors (Lipinski definition) is 2. The first-order chi connectivity index (χ1) is 13.2. The van der Waals surface area contributed by atoms with E-state index in [1.54, 1.807) is 6.07 Å². The molecule has 4 heteroatoms. The van der Waals surface area contributed by atoms with Crippen molar-refractivity contribution in [2.75, 3.05) is 27.2 Å². The minimum absolute atomic E-state index is 0.000775. The Bertz CT molecular complexity index is 797. The van der Waals surface area contributed by atoms with Gasteiger partial charge in [-0.05, 0) is 32.4 Å². The van der Waals surface area contributed by atoms with Gasteiger partial charge >= 0.3 is 0 Å². The molecule has 0 radical (unpaired) electrons. The van der Waals surface area contributed by atoms with Gasteiger partial charge in [0.25, 0.3) is 0 Å². The van der Waals surface area contributed by atoms with Crippen molar-refractivity contribution in [3.8, 4) is 0 Å². The molecule has 2 rings (SSSR count). The van der Waals surface area contributed by atoms with Crippen LogP contribution in [0.3, 0.4) is 0 Å². The Balaban J connectivity index is 1.96. The Hall–Kier alpha value is -2.46. The van der Waals surface area contributed by atoms with Crippen LogP contribution in [0.1, 0.15) is 54.6 Å². The summed E-state index contributed by atoms with van der Waals surface area (Å²) in [6.45, 7) is 8.00. The van der Waals surface area contributed by atoms with Gasteiger partial charge in [0.2, 0.25) is 5.91 Å². The van der Waals surface area contributed by atoms with Gasteiger partial charge < -0.3 is 9.80 Å². The summed E-state index contributed by atoms with van der Waals surface area (Å²) in [5, 5.41) is 3.04. The number of quaternary nitrogens is 1. The number of carbonyl (C=O) groups is 2. The molecule has 1 atom stereocenters. The first kappa shape index (κ1) is 21.8. The minimum Gasteiger partial charge on any atom is -0.355 e. The summed E-state index contributed by atoms with van der Waals surface area (Å²) in [7, 11) is 4.43. The third-order valence-electron chi connectivity index (χ3n) is 5.69. The first-order valence-corrected chi connectivity index (χ1v) is 10.0. The third kappa shape index (κ3) is 5.77. The molecular formula is C24H33N2O2+. The molecule has 0 spiro atoms. The molecule has 4 nitrogen and oxygen atoms in total. The van der Waals surface area contributed by atoms with Crippen molar-refractivity contribution in [1.82, 2.24) is 5.32 Å². The number of rotatable bonds is 9. The summed E-state index contributed by atoms with van der Waals surface area (Å²) in [4.78, 5) is 25.2.